The van der Waals surface area contributed by atoms with Gasteiger partial charge in [-0.3, -0.25) is 0 Å². The van der Waals surface area contributed by atoms with E-state index in [-0.39, 0.29) is 5.41 Å². The lowest BCUT2D eigenvalue weighted by molar-refractivity contribution is 0.587. The molecule has 1 nitrogen and oxygen atoms in total. The van der Waals surface area contributed by atoms with Crippen molar-refractivity contribution in [3.8, 4) is 0 Å². The first-order valence-electron chi connectivity index (χ1n) is 7.81. The number of aryl methyl sites for hydroxylation is 2. The molecule has 0 amide bonds. The van der Waals surface area contributed by atoms with E-state index in [2.05, 4.69) is 46.8 Å². The number of unbranched alkanes of at least 4 members (excludes halogenated alkanes) is 2. The smallest absolute Gasteiger partial charge is 0.0379 e. The Hall–Kier alpha value is -0.980. The molecule has 0 spiro atoms. The largest absolute Gasteiger partial charge is 0.398 e. The molecule has 0 saturated heterocycles. The van der Waals surface area contributed by atoms with E-state index in [0.29, 0.717) is 0 Å². The first-order chi connectivity index (χ1) is 8.90. The van der Waals surface area contributed by atoms with E-state index in [0.717, 1.165) is 18.5 Å². The molecule has 0 fully saturated rings. The van der Waals surface area contributed by atoms with Crippen LogP contribution < -0.4 is 5.73 Å². The van der Waals surface area contributed by atoms with Crippen molar-refractivity contribution >= 4 is 5.69 Å². The van der Waals surface area contributed by atoms with Crippen LogP contribution in [-0.2, 0) is 18.3 Å². The maximum atomic E-state index is 6.38. The first-order valence-corrected chi connectivity index (χ1v) is 7.81. The SMILES string of the molecule is CCCCc1cc(C(C)(C)C)cc(CCCC)c1N. The summed E-state index contributed by atoms with van der Waals surface area (Å²) in [4.78, 5) is 0. The van der Waals surface area contributed by atoms with Gasteiger partial charge in [0.1, 0.15) is 0 Å². The molecule has 1 aromatic carbocycles. The molecule has 0 heterocycles. The standard InChI is InChI=1S/C18H31N/c1-6-8-10-14-12-16(18(3,4)5)13-15(17(14)19)11-9-7-2/h12-13H,6-11,19H2,1-5H3. The number of hydrogen-bond donors (Lipinski definition) is 1. The van der Waals surface area contributed by atoms with Gasteiger partial charge in [0.2, 0.25) is 0 Å². The molecule has 0 aliphatic carbocycles. The highest BCUT2D eigenvalue weighted by Gasteiger charge is 2.17. The maximum absolute atomic E-state index is 6.38. The lowest BCUT2D eigenvalue weighted by Crippen LogP contribution is -2.14. The monoisotopic (exact) mass is 261 g/mol. The molecule has 0 bridgehead atoms. The van der Waals surface area contributed by atoms with Crippen LogP contribution in [0.15, 0.2) is 12.1 Å². The second-order valence-electron chi connectivity index (χ2n) is 6.67. The van der Waals surface area contributed by atoms with Gasteiger partial charge in [0.05, 0.1) is 0 Å². The van der Waals surface area contributed by atoms with Crippen molar-refractivity contribution in [2.24, 2.45) is 0 Å². The summed E-state index contributed by atoms with van der Waals surface area (Å²) < 4.78 is 0. The van der Waals surface area contributed by atoms with Gasteiger partial charge in [-0.05, 0) is 47.8 Å². The highest BCUT2D eigenvalue weighted by molar-refractivity contribution is 5.57. The molecule has 19 heavy (non-hydrogen) atoms. The second kappa shape index (κ2) is 6.98. The average molecular weight is 261 g/mol. The fourth-order valence-corrected chi connectivity index (χ4v) is 2.36. The van der Waals surface area contributed by atoms with Crippen molar-refractivity contribution in [2.75, 3.05) is 5.73 Å². The summed E-state index contributed by atoms with van der Waals surface area (Å²) in [6, 6.07) is 4.67. The Bertz CT molecular complexity index is 370. The Morgan fingerprint density at radius 2 is 1.32 bits per heavy atom. The van der Waals surface area contributed by atoms with Gasteiger partial charge in [0, 0.05) is 5.69 Å². The highest BCUT2D eigenvalue weighted by Crippen LogP contribution is 2.30. The zero-order valence-electron chi connectivity index (χ0n) is 13.5. The van der Waals surface area contributed by atoms with E-state index in [1.165, 1.54) is 42.4 Å². The van der Waals surface area contributed by atoms with Crippen molar-refractivity contribution in [3.63, 3.8) is 0 Å². The van der Waals surface area contributed by atoms with E-state index in [4.69, 9.17) is 5.73 Å². The van der Waals surface area contributed by atoms with Crippen LogP contribution in [0.4, 0.5) is 5.69 Å². The molecule has 0 saturated carbocycles. The molecular formula is C18H31N. The summed E-state index contributed by atoms with van der Waals surface area (Å²) in [6.07, 6.45) is 7.14. The Morgan fingerprint density at radius 3 is 1.63 bits per heavy atom. The third kappa shape index (κ3) is 4.56. The molecule has 0 unspecified atom stereocenters. The van der Waals surface area contributed by atoms with Gasteiger partial charge in [-0.2, -0.15) is 0 Å². The summed E-state index contributed by atoms with van der Waals surface area (Å²) >= 11 is 0. The minimum absolute atomic E-state index is 0.204. The minimum Gasteiger partial charge on any atom is -0.398 e. The predicted molar refractivity (Wildman–Crippen MR) is 86.8 cm³/mol. The molecule has 0 radical (unpaired) electrons. The van der Waals surface area contributed by atoms with Crippen molar-refractivity contribution in [1.82, 2.24) is 0 Å². The number of nitrogens with two attached hydrogens (primary N) is 1. The van der Waals surface area contributed by atoms with Crippen LogP contribution in [0.25, 0.3) is 0 Å². The van der Waals surface area contributed by atoms with Gasteiger partial charge < -0.3 is 5.73 Å². The Balaban J connectivity index is 3.14. The number of nitrogen functional groups attached to an aromatic ring is 1. The van der Waals surface area contributed by atoms with Crippen molar-refractivity contribution in [3.05, 3.63) is 28.8 Å². The van der Waals surface area contributed by atoms with Crippen LogP contribution in [0.5, 0.6) is 0 Å². The molecule has 2 N–H and O–H groups in total. The number of hydrogen-bond acceptors (Lipinski definition) is 1. The predicted octanol–water partition coefficient (Wildman–Crippen LogP) is 5.25. The van der Waals surface area contributed by atoms with E-state index in [9.17, 15) is 0 Å². The number of rotatable bonds is 6. The zero-order chi connectivity index (χ0) is 14.5. The lowest BCUT2D eigenvalue weighted by Gasteiger charge is -2.23. The fourth-order valence-electron chi connectivity index (χ4n) is 2.36. The van der Waals surface area contributed by atoms with Crippen LogP contribution in [0.3, 0.4) is 0 Å². The highest BCUT2D eigenvalue weighted by atomic mass is 14.6. The molecule has 1 rings (SSSR count). The summed E-state index contributed by atoms with van der Waals surface area (Å²) in [6.45, 7) is 11.3. The van der Waals surface area contributed by atoms with Gasteiger partial charge in [-0.15, -0.1) is 0 Å². The third-order valence-electron chi connectivity index (χ3n) is 3.82. The van der Waals surface area contributed by atoms with Gasteiger partial charge in [0.25, 0.3) is 0 Å². The molecule has 0 aliphatic heterocycles. The fraction of sp³-hybridized carbons (Fsp3) is 0.667. The molecule has 1 aromatic rings. The van der Waals surface area contributed by atoms with Gasteiger partial charge in [-0.25, -0.2) is 0 Å². The molecule has 108 valence electrons. The Labute approximate surface area is 119 Å². The molecule has 0 aliphatic rings. The van der Waals surface area contributed by atoms with Crippen LogP contribution >= 0.6 is 0 Å². The second-order valence-corrected chi connectivity index (χ2v) is 6.67. The molecule has 1 heteroatoms. The maximum Gasteiger partial charge on any atom is 0.0379 e. The van der Waals surface area contributed by atoms with Crippen molar-refractivity contribution < 1.29 is 0 Å². The molecule has 0 atom stereocenters. The van der Waals surface area contributed by atoms with Crippen molar-refractivity contribution in [1.29, 1.82) is 0 Å². The van der Waals surface area contributed by atoms with E-state index in [1.807, 2.05) is 0 Å². The number of anilines is 1. The Kier molecular flexibility index (Phi) is 5.90. The average Bonchev–Trinajstić information content (AvgIpc) is 2.34. The van der Waals surface area contributed by atoms with Crippen LogP contribution in [0.1, 0.15) is 77.0 Å². The molecule has 0 aromatic heterocycles. The zero-order valence-corrected chi connectivity index (χ0v) is 13.5. The van der Waals surface area contributed by atoms with Crippen LogP contribution in [-0.4, -0.2) is 0 Å². The topological polar surface area (TPSA) is 26.0 Å². The van der Waals surface area contributed by atoms with Crippen LogP contribution in [0, 0.1) is 0 Å². The number of benzene rings is 1. The summed E-state index contributed by atoms with van der Waals surface area (Å²) in [5.41, 5.74) is 11.8. The summed E-state index contributed by atoms with van der Waals surface area (Å²) in [5.74, 6) is 0. The van der Waals surface area contributed by atoms with Gasteiger partial charge in [-0.1, -0.05) is 59.6 Å². The lowest BCUT2D eigenvalue weighted by atomic mass is 9.83. The summed E-state index contributed by atoms with van der Waals surface area (Å²) in [5, 5.41) is 0. The summed E-state index contributed by atoms with van der Waals surface area (Å²) in [7, 11) is 0. The van der Waals surface area contributed by atoms with Gasteiger partial charge in [0.15, 0.2) is 0 Å². The Morgan fingerprint density at radius 1 is 0.895 bits per heavy atom. The quantitative estimate of drug-likeness (QED) is 0.695. The minimum atomic E-state index is 0.204. The van der Waals surface area contributed by atoms with Crippen molar-refractivity contribution in [2.45, 2.75) is 78.6 Å². The van der Waals surface area contributed by atoms with E-state index >= 15 is 0 Å². The van der Waals surface area contributed by atoms with Crippen LogP contribution in [0.2, 0.25) is 0 Å². The molecular weight excluding hydrogens is 230 g/mol. The van der Waals surface area contributed by atoms with E-state index < -0.39 is 0 Å². The normalized spacial score (nSPS) is 11.8. The van der Waals surface area contributed by atoms with Gasteiger partial charge >= 0.3 is 0 Å². The third-order valence-corrected chi connectivity index (χ3v) is 3.82. The van der Waals surface area contributed by atoms with E-state index in [1.54, 1.807) is 0 Å². The first kappa shape index (κ1) is 16.1.